The second-order valence-electron chi connectivity index (χ2n) is 7.36. The minimum atomic E-state index is -1.60. The average molecular weight is 393 g/mol. The van der Waals surface area contributed by atoms with Gasteiger partial charge in [-0.05, 0) is 29.8 Å². The van der Waals surface area contributed by atoms with Crippen molar-refractivity contribution in [3.8, 4) is 11.1 Å². The molecule has 1 amide bonds. The zero-order valence-electron chi connectivity index (χ0n) is 16.1. The van der Waals surface area contributed by atoms with E-state index < -0.39 is 11.2 Å². The fourth-order valence-electron chi connectivity index (χ4n) is 3.76. The molecule has 4 radical (unpaired) electrons. The first-order chi connectivity index (χ1) is 14.3. The lowest BCUT2D eigenvalue weighted by Crippen LogP contribution is -2.44. The number of benzene rings is 1. The molecule has 0 unspecified atom stereocenters. The van der Waals surface area contributed by atoms with Gasteiger partial charge in [-0.15, -0.1) is 0 Å². The number of halogens is 1. The summed E-state index contributed by atoms with van der Waals surface area (Å²) >= 11 is 0. The molecule has 3 aromatic heterocycles. The van der Waals surface area contributed by atoms with Gasteiger partial charge < -0.3 is 4.90 Å². The van der Waals surface area contributed by atoms with Crippen molar-refractivity contribution < 1.29 is 9.18 Å². The van der Waals surface area contributed by atoms with Crippen LogP contribution in [0.15, 0.2) is 55.0 Å². The van der Waals surface area contributed by atoms with Crippen LogP contribution in [0.2, 0.25) is 0 Å². The minimum absolute atomic E-state index is 0.0752. The average Bonchev–Trinajstić information content (AvgIpc) is 3.19. The van der Waals surface area contributed by atoms with Gasteiger partial charge in [-0.2, -0.15) is 5.10 Å². The van der Waals surface area contributed by atoms with E-state index in [0.717, 1.165) is 10.9 Å². The smallest absolute Gasteiger partial charge is 0.255 e. The maximum Gasteiger partial charge on any atom is 0.255 e. The molecule has 0 atom stereocenters. The molecule has 30 heavy (non-hydrogen) atoms. The van der Waals surface area contributed by atoms with Crippen LogP contribution in [-0.4, -0.2) is 46.2 Å². The van der Waals surface area contributed by atoms with Crippen LogP contribution in [0.1, 0.15) is 21.6 Å². The Morgan fingerprint density at radius 3 is 2.73 bits per heavy atom. The number of carbonyl (C=O) groups excluding carboxylic acids is 1. The first-order valence-electron chi connectivity index (χ1n) is 9.28. The Morgan fingerprint density at radius 1 is 1.13 bits per heavy atom. The maximum absolute atomic E-state index is 14.9. The molecule has 1 aromatic carbocycles. The van der Waals surface area contributed by atoms with E-state index in [1.165, 1.54) is 17.2 Å². The Kier molecular flexibility index (Phi) is 4.03. The standard InChI is InChI=1S/C21H14B2FN5O/c1-28-10-15-7-14(9-26-19(15)27-28)12-4-5-13(17(24)8-12)11-29-20(30)16-3-2-6-25-18(16)21(29,22)23/h2-10H,11H2,1H3. The Labute approximate surface area is 174 Å². The van der Waals surface area contributed by atoms with Gasteiger partial charge in [0.1, 0.15) is 5.82 Å². The third kappa shape index (κ3) is 2.81. The van der Waals surface area contributed by atoms with Gasteiger partial charge in [-0.1, -0.05) is 12.1 Å². The third-order valence-corrected chi connectivity index (χ3v) is 5.30. The summed E-state index contributed by atoms with van der Waals surface area (Å²) in [6, 6.07) is 9.96. The normalized spacial score (nSPS) is 15.0. The molecular formula is C21H14B2FN5O. The van der Waals surface area contributed by atoms with Crippen LogP contribution in [0, 0.1) is 5.82 Å². The van der Waals surface area contributed by atoms with Gasteiger partial charge in [-0.25, -0.2) is 9.37 Å². The summed E-state index contributed by atoms with van der Waals surface area (Å²) in [4.78, 5) is 22.4. The second kappa shape index (κ2) is 6.52. The lowest BCUT2D eigenvalue weighted by Gasteiger charge is -2.33. The molecule has 0 spiro atoms. The molecule has 5 rings (SSSR count). The van der Waals surface area contributed by atoms with Crippen molar-refractivity contribution in [2.75, 3.05) is 0 Å². The van der Waals surface area contributed by atoms with Crippen LogP contribution in [0.3, 0.4) is 0 Å². The zero-order chi connectivity index (χ0) is 21.0. The summed E-state index contributed by atoms with van der Waals surface area (Å²) in [5, 5.41) is 3.50. The fourth-order valence-corrected chi connectivity index (χ4v) is 3.76. The van der Waals surface area contributed by atoms with Gasteiger partial charge in [0.05, 0.1) is 26.9 Å². The third-order valence-electron chi connectivity index (χ3n) is 5.30. The van der Waals surface area contributed by atoms with E-state index in [1.54, 1.807) is 35.1 Å². The number of hydrogen-bond acceptors (Lipinski definition) is 4. The number of rotatable bonds is 3. The van der Waals surface area contributed by atoms with Crippen molar-refractivity contribution in [2.24, 2.45) is 7.05 Å². The topological polar surface area (TPSA) is 63.9 Å². The number of aromatic nitrogens is 4. The Bertz CT molecular complexity index is 1320. The predicted octanol–water partition coefficient (Wildman–Crippen LogP) is 2.27. The molecule has 0 saturated heterocycles. The maximum atomic E-state index is 14.9. The van der Waals surface area contributed by atoms with Crippen molar-refractivity contribution in [3.05, 3.63) is 77.6 Å². The van der Waals surface area contributed by atoms with E-state index in [1.807, 2.05) is 19.3 Å². The number of amides is 1. The minimum Gasteiger partial charge on any atom is -0.340 e. The van der Waals surface area contributed by atoms with Crippen molar-refractivity contribution in [1.29, 1.82) is 0 Å². The SMILES string of the molecule is [B]C1([B])c2ncccc2C(=O)N1Cc1ccc(-c2cnc3nn(C)cc3c2)cc1F. The van der Waals surface area contributed by atoms with Crippen LogP contribution in [0.4, 0.5) is 4.39 Å². The number of nitrogens with zero attached hydrogens (tertiary/aromatic N) is 5. The molecule has 0 fully saturated rings. The first kappa shape index (κ1) is 18.5. The Balaban J connectivity index is 1.46. The molecule has 1 aliphatic rings. The number of fused-ring (bicyclic) bond motifs is 2. The molecular weight excluding hydrogens is 379 g/mol. The van der Waals surface area contributed by atoms with Gasteiger partial charge in [0.15, 0.2) is 5.65 Å². The van der Waals surface area contributed by atoms with Gasteiger partial charge in [-0.3, -0.25) is 14.5 Å². The molecule has 0 aliphatic carbocycles. The van der Waals surface area contributed by atoms with E-state index in [2.05, 4.69) is 15.1 Å². The molecule has 1 aliphatic heterocycles. The van der Waals surface area contributed by atoms with E-state index in [9.17, 15) is 9.18 Å². The summed E-state index contributed by atoms with van der Waals surface area (Å²) < 4.78 is 16.6. The van der Waals surface area contributed by atoms with Gasteiger partial charge in [0.2, 0.25) is 0 Å². The van der Waals surface area contributed by atoms with Crippen molar-refractivity contribution in [2.45, 2.75) is 11.9 Å². The Morgan fingerprint density at radius 2 is 1.97 bits per heavy atom. The highest BCUT2D eigenvalue weighted by atomic mass is 19.1. The molecule has 142 valence electrons. The molecule has 4 aromatic rings. The molecule has 6 nitrogen and oxygen atoms in total. The van der Waals surface area contributed by atoms with E-state index in [-0.39, 0.29) is 18.1 Å². The zero-order valence-corrected chi connectivity index (χ0v) is 16.1. The largest absolute Gasteiger partial charge is 0.340 e. The van der Waals surface area contributed by atoms with Gasteiger partial charge in [0.25, 0.3) is 5.91 Å². The highest BCUT2D eigenvalue weighted by Crippen LogP contribution is 2.35. The highest BCUT2D eigenvalue weighted by Gasteiger charge is 2.43. The molecule has 0 bridgehead atoms. The van der Waals surface area contributed by atoms with Gasteiger partial charge in [0, 0.05) is 54.0 Å². The van der Waals surface area contributed by atoms with Crippen LogP contribution >= 0.6 is 0 Å². The molecule has 4 heterocycles. The highest BCUT2D eigenvalue weighted by molar-refractivity contribution is 6.42. The van der Waals surface area contributed by atoms with E-state index >= 15 is 0 Å². The Hall–Kier alpha value is -3.48. The van der Waals surface area contributed by atoms with Crippen molar-refractivity contribution in [3.63, 3.8) is 0 Å². The molecule has 0 saturated carbocycles. The summed E-state index contributed by atoms with van der Waals surface area (Å²) in [6.45, 7) is -0.0752. The van der Waals surface area contributed by atoms with Gasteiger partial charge >= 0.3 is 0 Å². The fraction of sp³-hybridized carbons (Fsp3) is 0.143. The van der Waals surface area contributed by atoms with E-state index in [0.29, 0.717) is 22.3 Å². The number of pyridine rings is 2. The van der Waals surface area contributed by atoms with Crippen LogP contribution in [0.25, 0.3) is 22.2 Å². The van der Waals surface area contributed by atoms with Crippen LogP contribution in [0.5, 0.6) is 0 Å². The van der Waals surface area contributed by atoms with Crippen molar-refractivity contribution in [1.82, 2.24) is 24.6 Å². The van der Waals surface area contributed by atoms with Crippen LogP contribution < -0.4 is 0 Å². The lowest BCUT2D eigenvalue weighted by atomic mass is 9.59. The van der Waals surface area contributed by atoms with Crippen LogP contribution in [-0.2, 0) is 18.9 Å². The summed E-state index contributed by atoms with van der Waals surface area (Å²) in [5.74, 6) is -0.843. The molecule has 9 heteroatoms. The van der Waals surface area contributed by atoms with Crippen molar-refractivity contribution >= 4 is 32.6 Å². The molecule has 0 N–H and O–H groups in total. The summed E-state index contributed by atoms with van der Waals surface area (Å²) in [5.41, 5.74) is 2.97. The summed E-state index contributed by atoms with van der Waals surface area (Å²) in [7, 11) is 14.2. The number of hydrogen-bond donors (Lipinski definition) is 0. The number of aryl methyl sites for hydroxylation is 1. The quantitative estimate of drug-likeness (QED) is 0.502. The monoisotopic (exact) mass is 393 g/mol. The van der Waals surface area contributed by atoms with E-state index in [4.69, 9.17) is 15.7 Å². The first-order valence-corrected chi connectivity index (χ1v) is 9.28. The second-order valence-corrected chi connectivity index (χ2v) is 7.36. The number of carbonyl (C=O) groups is 1. The predicted molar refractivity (Wildman–Crippen MR) is 111 cm³/mol. The summed E-state index contributed by atoms with van der Waals surface area (Å²) in [6.07, 6.45) is 5.02. The lowest BCUT2D eigenvalue weighted by molar-refractivity contribution is 0.0729.